The number of anilines is 1. The molecule has 37 heavy (non-hydrogen) atoms. The van der Waals surface area contributed by atoms with E-state index in [9.17, 15) is 18.0 Å². The molecule has 2 aromatic rings. The molecule has 10 heteroatoms. The van der Waals surface area contributed by atoms with Crippen molar-refractivity contribution in [1.82, 2.24) is 10.2 Å². The Labute approximate surface area is 231 Å². The number of benzene rings is 2. The third-order valence-corrected chi connectivity index (χ3v) is 8.10. The van der Waals surface area contributed by atoms with Gasteiger partial charge in [0.15, 0.2) is 0 Å². The van der Waals surface area contributed by atoms with Gasteiger partial charge in [0.05, 0.1) is 22.0 Å². The molecule has 0 aromatic heterocycles. The van der Waals surface area contributed by atoms with Gasteiger partial charge in [-0.05, 0) is 68.5 Å². The van der Waals surface area contributed by atoms with E-state index < -0.39 is 16.1 Å². The molecule has 0 saturated heterocycles. The van der Waals surface area contributed by atoms with Crippen LogP contribution in [0.3, 0.4) is 0 Å². The lowest BCUT2D eigenvalue weighted by atomic mass is 10.1. The van der Waals surface area contributed by atoms with Gasteiger partial charge in [-0.3, -0.25) is 13.9 Å². The lowest BCUT2D eigenvalue weighted by Crippen LogP contribution is -2.50. The molecule has 0 heterocycles. The van der Waals surface area contributed by atoms with Crippen LogP contribution in [0.1, 0.15) is 57.6 Å². The maximum absolute atomic E-state index is 13.5. The molecule has 7 nitrogen and oxygen atoms in total. The standard InChI is InChI=1S/C27H37Cl2N3O4S/c1-6-20(4)30-27(34)25(7-2)31(18-21-13-14-23(28)24(29)17-21)26(33)12-9-15-32(37(5,35)36)22-11-8-10-19(3)16-22/h8,10-11,13-14,16-17,20,25H,6-7,9,12,15,18H2,1-5H3,(H,30,34)/t20-,25-/m0/s1. The Morgan fingerprint density at radius 3 is 2.30 bits per heavy atom. The van der Waals surface area contributed by atoms with E-state index >= 15 is 0 Å². The molecule has 2 amide bonds. The summed E-state index contributed by atoms with van der Waals surface area (Å²) in [7, 11) is -3.54. The van der Waals surface area contributed by atoms with E-state index in [2.05, 4.69) is 5.32 Å². The van der Waals surface area contributed by atoms with E-state index in [0.29, 0.717) is 28.6 Å². The van der Waals surface area contributed by atoms with Crippen molar-refractivity contribution in [2.75, 3.05) is 17.1 Å². The second-order valence-electron chi connectivity index (χ2n) is 9.29. The molecule has 0 unspecified atom stereocenters. The zero-order chi connectivity index (χ0) is 27.8. The van der Waals surface area contributed by atoms with E-state index in [1.54, 1.807) is 41.3 Å². The summed E-state index contributed by atoms with van der Waals surface area (Å²) in [6, 6.07) is 11.6. The van der Waals surface area contributed by atoms with Gasteiger partial charge in [-0.25, -0.2) is 8.42 Å². The number of carbonyl (C=O) groups excluding carboxylic acids is 2. The second kappa shape index (κ2) is 14.0. The van der Waals surface area contributed by atoms with Crippen LogP contribution < -0.4 is 9.62 Å². The Hall–Kier alpha value is -2.29. The van der Waals surface area contributed by atoms with Crippen molar-refractivity contribution >= 4 is 50.7 Å². The number of nitrogens with one attached hydrogen (secondary N) is 1. The number of aryl methyl sites for hydroxylation is 1. The molecule has 0 aliphatic heterocycles. The molecule has 204 valence electrons. The van der Waals surface area contributed by atoms with Crippen LogP contribution in [0.2, 0.25) is 10.0 Å². The van der Waals surface area contributed by atoms with Gasteiger partial charge in [-0.1, -0.05) is 55.2 Å². The predicted molar refractivity (Wildman–Crippen MR) is 152 cm³/mol. The fourth-order valence-electron chi connectivity index (χ4n) is 3.98. The van der Waals surface area contributed by atoms with E-state index in [1.165, 1.54) is 4.31 Å². The minimum absolute atomic E-state index is 0.0267. The van der Waals surface area contributed by atoms with Crippen molar-refractivity contribution in [3.8, 4) is 0 Å². The lowest BCUT2D eigenvalue weighted by Gasteiger charge is -2.32. The number of sulfonamides is 1. The molecular weight excluding hydrogens is 533 g/mol. The third-order valence-electron chi connectivity index (χ3n) is 6.17. The van der Waals surface area contributed by atoms with Crippen LogP contribution in [0.4, 0.5) is 5.69 Å². The quantitative estimate of drug-likeness (QED) is 0.341. The van der Waals surface area contributed by atoms with Crippen molar-refractivity contribution in [3.63, 3.8) is 0 Å². The third kappa shape index (κ3) is 9.20. The van der Waals surface area contributed by atoms with Crippen LogP contribution in [0.15, 0.2) is 42.5 Å². The number of carbonyl (C=O) groups is 2. The molecule has 0 aliphatic carbocycles. The largest absolute Gasteiger partial charge is 0.352 e. The monoisotopic (exact) mass is 569 g/mol. The topological polar surface area (TPSA) is 86.8 Å². The zero-order valence-corrected chi connectivity index (χ0v) is 24.5. The Morgan fingerprint density at radius 2 is 1.73 bits per heavy atom. The summed E-state index contributed by atoms with van der Waals surface area (Å²) in [4.78, 5) is 28.1. The van der Waals surface area contributed by atoms with Crippen LogP contribution in [-0.2, 0) is 26.2 Å². The SMILES string of the molecule is CC[C@H](C)NC(=O)[C@H](CC)N(Cc1ccc(Cl)c(Cl)c1)C(=O)CCCN(c1cccc(C)c1)S(C)(=O)=O. The van der Waals surface area contributed by atoms with Gasteiger partial charge in [-0.15, -0.1) is 0 Å². The number of rotatable bonds is 13. The van der Waals surface area contributed by atoms with Crippen LogP contribution in [-0.4, -0.2) is 50.0 Å². The van der Waals surface area contributed by atoms with E-state index in [0.717, 1.165) is 23.8 Å². The average molecular weight is 571 g/mol. The van der Waals surface area contributed by atoms with Crippen molar-refractivity contribution in [3.05, 3.63) is 63.6 Å². The van der Waals surface area contributed by atoms with Crippen LogP contribution in [0.5, 0.6) is 0 Å². The number of hydrogen-bond donors (Lipinski definition) is 1. The van der Waals surface area contributed by atoms with Gasteiger partial charge in [0.2, 0.25) is 21.8 Å². The highest BCUT2D eigenvalue weighted by atomic mass is 35.5. The van der Waals surface area contributed by atoms with Gasteiger partial charge in [0.25, 0.3) is 0 Å². The molecule has 1 N–H and O–H groups in total. The van der Waals surface area contributed by atoms with Gasteiger partial charge < -0.3 is 10.2 Å². The first-order valence-electron chi connectivity index (χ1n) is 12.5. The second-order valence-corrected chi connectivity index (χ2v) is 12.0. The fourth-order valence-corrected chi connectivity index (χ4v) is 5.26. The number of halogens is 2. The Balaban J connectivity index is 2.25. The average Bonchev–Trinajstić information content (AvgIpc) is 2.82. The smallest absolute Gasteiger partial charge is 0.243 e. The molecule has 0 radical (unpaired) electrons. The summed E-state index contributed by atoms with van der Waals surface area (Å²) in [5, 5.41) is 3.75. The maximum atomic E-state index is 13.5. The highest BCUT2D eigenvalue weighted by Crippen LogP contribution is 2.25. The van der Waals surface area contributed by atoms with Crippen LogP contribution >= 0.6 is 23.2 Å². The van der Waals surface area contributed by atoms with E-state index in [-0.39, 0.29) is 37.4 Å². The minimum atomic E-state index is -3.54. The summed E-state index contributed by atoms with van der Waals surface area (Å²) in [5.74, 6) is -0.460. The van der Waals surface area contributed by atoms with Gasteiger partial charge in [-0.2, -0.15) is 0 Å². The van der Waals surface area contributed by atoms with Crippen molar-refractivity contribution in [1.29, 1.82) is 0 Å². The van der Waals surface area contributed by atoms with E-state index in [4.69, 9.17) is 23.2 Å². The molecule has 0 saturated carbocycles. The minimum Gasteiger partial charge on any atom is -0.352 e. The first-order valence-corrected chi connectivity index (χ1v) is 15.1. The molecule has 0 spiro atoms. The fraction of sp³-hybridized carbons (Fsp3) is 0.481. The molecule has 0 fully saturated rings. The molecule has 0 bridgehead atoms. The first kappa shape index (κ1) is 30.9. The number of nitrogens with zero attached hydrogens (tertiary/aromatic N) is 2. The predicted octanol–water partition coefficient (Wildman–Crippen LogP) is 5.57. The normalized spacial score (nSPS) is 13.1. The van der Waals surface area contributed by atoms with Gasteiger partial charge in [0.1, 0.15) is 6.04 Å². The summed E-state index contributed by atoms with van der Waals surface area (Å²) in [5.41, 5.74) is 2.24. The van der Waals surface area contributed by atoms with Crippen molar-refractivity contribution in [2.45, 2.75) is 72.0 Å². The molecule has 2 atom stereocenters. The van der Waals surface area contributed by atoms with Gasteiger partial charge in [0, 0.05) is 25.6 Å². The molecular formula is C27H37Cl2N3O4S. The Bertz CT molecular complexity index is 1190. The van der Waals surface area contributed by atoms with Crippen molar-refractivity contribution in [2.24, 2.45) is 0 Å². The Kier molecular flexibility index (Phi) is 11.7. The number of amides is 2. The number of hydrogen-bond acceptors (Lipinski definition) is 4. The summed E-state index contributed by atoms with van der Waals surface area (Å²) in [6.45, 7) is 7.97. The van der Waals surface area contributed by atoms with Crippen molar-refractivity contribution < 1.29 is 18.0 Å². The summed E-state index contributed by atoms with van der Waals surface area (Å²) >= 11 is 12.3. The molecule has 0 aliphatic rings. The highest BCUT2D eigenvalue weighted by Gasteiger charge is 2.29. The summed E-state index contributed by atoms with van der Waals surface area (Å²) < 4.78 is 26.3. The lowest BCUT2D eigenvalue weighted by molar-refractivity contribution is -0.141. The maximum Gasteiger partial charge on any atom is 0.243 e. The highest BCUT2D eigenvalue weighted by molar-refractivity contribution is 7.92. The van der Waals surface area contributed by atoms with E-state index in [1.807, 2.05) is 33.8 Å². The molecule has 2 rings (SSSR count). The van der Waals surface area contributed by atoms with Crippen LogP contribution in [0, 0.1) is 6.92 Å². The molecule has 2 aromatic carbocycles. The van der Waals surface area contributed by atoms with Gasteiger partial charge >= 0.3 is 0 Å². The van der Waals surface area contributed by atoms with Crippen LogP contribution in [0.25, 0.3) is 0 Å². The summed E-state index contributed by atoms with van der Waals surface area (Å²) in [6.07, 6.45) is 2.71. The zero-order valence-electron chi connectivity index (χ0n) is 22.1. The Morgan fingerprint density at radius 1 is 1.03 bits per heavy atom. The first-order chi connectivity index (χ1) is 17.4.